The van der Waals surface area contributed by atoms with Crippen LogP contribution in [0.2, 0.25) is 0 Å². The van der Waals surface area contributed by atoms with E-state index in [1.807, 2.05) is 55.5 Å². The minimum absolute atomic E-state index is 0.384. The summed E-state index contributed by atoms with van der Waals surface area (Å²) in [6.07, 6.45) is 3.29. The summed E-state index contributed by atoms with van der Waals surface area (Å²) in [5.41, 5.74) is 2.84. The van der Waals surface area contributed by atoms with Crippen LogP contribution in [0.4, 0.5) is 0 Å². The number of hydrogen-bond donors (Lipinski definition) is 0. The fourth-order valence-corrected chi connectivity index (χ4v) is 2.23. The zero-order valence-electron chi connectivity index (χ0n) is 13.2. The van der Waals surface area contributed by atoms with Gasteiger partial charge in [-0.15, -0.1) is 0 Å². The van der Waals surface area contributed by atoms with Crippen molar-refractivity contribution in [3.05, 3.63) is 77.4 Å². The highest BCUT2D eigenvalue weighted by atomic mass is 16.5. The smallest absolute Gasteiger partial charge is 0.331 e. The lowest BCUT2D eigenvalue weighted by molar-refractivity contribution is -0.137. The molecule has 0 saturated heterocycles. The normalized spacial score (nSPS) is 10.9. The highest BCUT2D eigenvalue weighted by Gasteiger charge is 2.12. The first kappa shape index (κ1) is 16.5. The second kappa shape index (κ2) is 8.55. The van der Waals surface area contributed by atoms with E-state index in [4.69, 9.17) is 4.74 Å². The lowest BCUT2D eigenvalue weighted by atomic mass is 9.94. The fraction of sp³-hybridized carbons (Fsp3) is 0.200. The molecule has 0 aliphatic rings. The zero-order chi connectivity index (χ0) is 16.5. The first-order valence-electron chi connectivity index (χ1n) is 7.69. The number of ether oxygens (including phenoxy) is 1. The summed E-state index contributed by atoms with van der Waals surface area (Å²) in [6.45, 7) is 2.45. The summed E-state index contributed by atoms with van der Waals surface area (Å²) in [7, 11) is 0. The van der Waals surface area contributed by atoms with E-state index in [0.29, 0.717) is 17.7 Å². The molecular formula is C20H19NO2. The number of carbonyl (C=O) groups is 1. The molecule has 116 valence electrons. The van der Waals surface area contributed by atoms with Gasteiger partial charge in [-0.3, -0.25) is 0 Å². The van der Waals surface area contributed by atoms with Gasteiger partial charge in [-0.1, -0.05) is 61.9 Å². The molecule has 0 aliphatic carbocycles. The van der Waals surface area contributed by atoms with Crippen molar-refractivity contribution in [1.29, 1.82) is 5.26 Å². The maximum absolute atomic E-state index is 12.1. The average Bonchev–Trinajstić information content (AvgIpc) is 2.60. The molecule has 2 aromatic carbocycles. The number of nitriles is 1. The van der Waals surface area contributed by atoms with E-state index in [1.54, 1.807) is 6.07 Å². The van der Waals surface area contributed by atoms with Gasteiger partial charge in [0, 0.05) is 11.6 Å². The topological polar surface area (TPSA) is 50.1 Å². The van der Waals surface area contributed by atoms with Crippen LogP contribution in [0.1, 0.15) is 36.5 Å². The fourth-order valence-electron chi connectivity index (χ4n) is 2.23. The van der Waals surface area contributed by atoms with Gasteiger partial charge in [-0.2, -0.15) is 5.26 Å². The SMILES string of the molecule is CCCCOC(=O)C=C(c1ccccc1)c1ccccc1C#N. The van der Waals surface area contributed by atoms with Gasteiger partial charge in [0.2, 0.25) is 0 Å². The Bertz CT molecular complexity index is 727. The van der Waals surface area contributed by atoms with Crippen LogP contribution in [0.3, 0.4) is 0 Å². The molecule has 3 nitrogen and oxygen atoms in total. The second-order valence-corrected chi connectivity index (χ2v) is 5.10. The van der Waals surface area contributed by atoms with Crippen LogP contribution < -0.4 is 0 Å². The largest absolute Gasteiger partial charge is 0.463 e. The first-order chi connectivity index (χ1) is 11.3. The summed E-state index contributed by atoms with van der Waals surface area (Å²) in [6, 6.07) is 19.0. The maximum Gasteiger partial charge on any atom is 0.331 e. The molecule has 0 unspecified atom stereocenters. The quantitative estimate of drug-likeness (QED) is 0.453. The predicted molar refractivity (Wildman–Crippen MR) is 90.5 cm³/mol. The van der Waals surface area contributed by atoms with Crippen LogP contribution in [0.5, 0.6) is 0 Å². The average molecular weight is 305 g/mol. The maximum atomic E-state index is 12.1. The van der Waals surface area contributed by atoms with E-state index in [9.17, 15) is 10.1 Å². The third-order valence-electron chi connectivity index (χ3n) is 3.43. The van der Waals surface area contributed by atoms with Crippen LogP contribution in [0, 0.1) is 11.3 Å². The van der Waals surface area contributed by atoms with Crippen LogP contribution in [-0.4, -0.2) is 12.6 Å². The Morgan fingerprint density at radius 3 is 2.52 bits per heavy atom. The van der Waals surface area contributed by atoms with Gasteiger partial charge in [0.25, 0.3) is 0 Å². The highest BCUT2D eigenvalue weighted by Crippen LogP contribution is 2.26. The minimum Gasteiger partial charge on any atom is -0.463 e. The molecule has 0 aromatic heterocycles. The molecule has 0 amide bonds. The third kappa shape index (κ3) is 4.55. The number of esters is 1. The van der Waals surface area contributed by atoms with E-state index in [1.165, 1.54) is 6.08 Å². The number of rotatable bonds is 6. The van der Waals surface area contributed by atoms with E-state index in [-0.39, 0.29) is 5.97 Å². The monoisotopic (exact) mass is 305 g/mol. The summed E-state index contributed by atoms with van der Waals surface area (Å²) >= 11 is 0. The second-order valence-electron chi connectivity index (χ2n) is 5.10. The Morgan fingerprint density at radius 1 is 1.13 bits per heavy atom. The van der Waals surface area contributed by atoms with Crippen molar-refractivity contribution in [1.82, 2.24) is 0 Å². The first-order valence-corrected chi connectivity index (χ1v) is 7.69. The van der Waals surface area contributed by atoms with Crippen molar-refractivity contribution < 1.29 is 9.53 Å². The predicted octanol–water partition coefficient (Wildman–Crippen LogP) is 4.33. The van der Waals surface area contributed by atoms with E-state index in [2.05, 4.69) is 6.07 Å². The molecule has 0 bridgehead atoms. The van der Waals surface area contributed by atoms with Crippen molar-refractivity contribution in [2.24, 2.45) is 0 Å². The van der Waals surface area contributed by atoms with Crippen molar-refractivity contribution in [3.63, 3.8) is 0 Å². The summed E-state index contributed by atoms with van der Waals surface area (Å²) in [4.78, 5) is 12.1. The van der Waals surface area contributed by atoms with Gasteiger partial charge < -0.3 is 4.74 Å². The van der Waals surface area contributed by atoms with Crippen LogP contribution >= 0.6 is 0 Å². The Kier molecular flexibility index (Phi) is 6.14. The molecule has 0 atom stereocenters. The molecule has 0 saturated carbocycles. The molecule has 2 aromatic rings. The van der Waals surface area contributed by atoms with E-state index < -0.39 is 0 Å². The standard InChI is InChI=1S/C20H19NO2/c1-2-3-13-23-20(22)14-19(16-9-5-4-6-10-16)18-12-8-7-11-17(18)15-21/h4-12,14H,2-3,13H2,1H3. The molecule has 0 radical (unpaired) electrons. The molecule has 0 aliphatic heterocycles. The molecule has 0 spiro atoms. The van der Waals surface area contributed by atoms with Crippen molar-refractivity contribution >= 4 is 11.5 Å². The lowest BCUT2D eigenvalue weighted by Gasteiger charge is -2.10. The number of nitrogens with zero attached hydrogens (tertiary/aromatic N) is 1. The molecule has 23 heavy (non-hydrogen) atoms. The highest BCUT2D eigenvalue weighted by molar-refractivity contribution is 5.97. The van der Waals surface area contributed by atoms with Crippen molar-refractivity contribution in [2.75, 3.05) is 6.61 Å². The molecule has 2 rings (SSSR count). The Morgan fingerprint density at radius 2 is 1.83 bits per heavy atom. The van der Waals surface area contributed by atoms with Crippen molar-refractivity contribution in [3.8, 4) is 6.07 Å². The lowest BCUT2D eigenvalue weighted by Crippen LogP contribution is -2.04. The summed E-state index contributed by atoms with van der Waals surface area (Å²) in [5, 5.41) is 9.33. The molecule has 0 heterocycles. The Hall–Kier alpha value is -2.86. The number of carbonyl (C=O) groups excluding carboxylic acids is 1. The van der Waals surface area contributed by atoms with Gasteiger partial charge in [0.1, 0.15) is 0 Å². The van der Waals surface area contributed by atoms with Gasteiger partial charge in [0.15, 0.2) is 0 Å². The number of hydrogen-bond acceptors (Lipinski definition) is 3. The third-order valence-corrected chi connectivity index (χ3v) is 3.43. The minimum atomic E-state index is -0.384. The van der Waals surface area contributed by atoms with Crippen LogP contribution in [0.15, 0.2) is 60.7 Å². The van der Waals surface area contributed by atoms with Gasteiger partial charge in [-0.05, 0) is 23.6 Å². The summed E-state index contributed by atoms with van der Waals surface area (Å²) < 4.78 is 5.23. The number of unbranched alkanes of at least 4 members (excludes halogenated alkanes) is 1. The molecule has 0 fully saturated rings. The van der Waals surface area contributed by atoms with Crippen molar-refractivity contribution in [2.45, 2.75) is 19.8 Å². The molecule has 3 heteroatoms. The number of benzene rings is 2. The zero-order valence-corrected chi connectivity index (χ0v) is 13.2. The van der Waals surface area contributed by atoms with Gasteiger partial charge >= 0.3 is 5.97 Å². The van der Waals surface area contributed by atoms with Gasteiger partial charge in [-0.25, -0.2) is 4.79 Å². The van der Waals surface area contributed by atoms with E-state index in [0.717, 1.165) is 24.0 Å². The summed E-state index contributed by atoms with van der Waals surface area (Å²) in [5.74, 6) is -0.384. The Labute approximate surface area is 136 Å². The molecule has 0 N–H and O–H groups in total. The van der Waals surface area contributed by atoms with Crippen LogP contribution in [-0.2, 0) is 9.53 Å². The van der Waals surface area contributed by atoms with E-state index >= 15 is 0 Å². The van der Waals surface area contributed by atoms with Crippen LogP contribution in [0.25, 0.3) is 5.57 Å². The Balaban J connectivity index is 2.41. The van der Waals surface area contributed by atoms with Gasteiger partial charge in [0.05, 0.1) is 18.2 Å². The molecular weight excluding hydrogens is 286 g/mol.